The molecule has 1 rings (SSSR count). The Balaban J connectivity index is 2.35. The number of hydrogen-bond acceptors (Lipinski definition) is 3. The van der Waals surface area contributed by atoms with Gasteiger partial charge >= 0.3 is 6.09 Å². The fourth-order valence-corrected chi connectivity index (χ4v) is 1.14. The van der Waals surface area contributed by atoms with Crippen LogP contribution in [0.15, 0.2) is 0 Å². The monoisotopic (exact) mass is 188 g/mol. The lowest BCUT2D eigenvalue weighted by Crippen LogP contribution is -2.55. The van der Waals surface area contributed by atoms with E-state index in [-0.39, 0.29) is 24.9 Å². The van der Waals surface area contributed by atoms with Crippen molar-refractivity contribution in [3.63, 3.8) is 0 Å². The molecule has 0 atom stereocenters. The molecule has 1 aliphatic rings. The Morgan fingerprint density at radius 3 is 2.46 bits per heavy atom. The van der Waals surface area contributed by atoms with Crippen LogP contribution in [0.25, 0.3) is 0 Å². The highest BCUT2D eigenvalue weighted by Crippen LogP contribution is 2.17. The number of hydrogen-bond donors (Lipinski definition) is 1. The molecule has 2 amide bonds. The second kappa shape index (κ2) is 3.61. The van der Waals surface area contributed by atoms with Crippen LogP contribution in [0.1, 0.15) is 0 Å². The van der Waals surface area contributed by atoms with E-state index in [2.05, 4.69) is 4.84 Å². The zero-order valence-corrected chi connectivity index (χ0v) is 7.56. The van der Waals surface area contributed by atoms with Crippen molar-refractivity contribution in [2.24, 2.45) is 5.92 Å². The summed E-state index contributed by atoms with van der Waals surface area (Å²) in [6.07, 6.45) is -0.982. The molecule has 1 saturated heterocycles. The van der Waals surface area contributed by atoms with Crippen molar-refractivity contribution < 1.29 is 19.5 Å². The summed E-state index contributed by atoms with van der Waals surface area (Å²) in [6, 6.07) is 0. The maximum absolute atomic E-state index is 11.3. The molecule has 0 aliphatic carbocycles. The zero-order chi connectivity index (χ0) is 10.0. The molecule has 0 aromatic rings. The lowest BCUT2D eigenvalue weighted by molar-refractivity contribution is -0.177. The first-order chi connectivity index (χ1) is 6.06. The van der Waals surface area contributed by atoms with Crippen molar-refractivity contribution in [2.45, 2.75) is 0 Å². The Bertz CT molecular complexity index is 225. The van der Waals surface area contributed by atoms with Crippen LogP contribution in [-0.2, 0) is 9.63 Å². The number of amides is 2. The Kier molecular flexibility index (Phi) is 2.72. The van der Waals surface area contributed by atoms with Crippen molar-refractivity contribution in [3.05, 3.63) is 0 Å². The number of carboxylic acid groups (broad SMARTS) is 1. The van der Waals surface area contributed by atoms with Gasteiger partial charge in [-0.1, -0.05) is 0 Å². The summed E-state index contributed by atoms with van der Waals surface area (Å²) in [5, 5.41) is 9.61. The van der Waals surface area contributed by atoms with Crippen LogP contribution >= 0.6 is 0 Å². The van der Waals surface area contributed by atoms with Gasteiger partial charge in [-0.05, 0) is 0 Å². The van der Waals surface area contributed by atoms with Gasteiger partial charge in [0.2, 0.25) is 0 Å². The fourth-order valence-electron chi connectivity index (χ4n) is 1.14. The Morgan fingerprint density at radius 1 is 1.54 bits per heavy atom. The van der Waals surface area contributed by atoms with Crippen molar-refractivity contribution in [2.75, 3.05) is 27.2 Å². The molecule has 6 nitrogen and oxygen atoms in total. The second-order valence-electron chi connectivity index (χ2n) is 2.90. The first kappa shape index (κ1) is 9.79. The van der Waals surface area contributed by atoms with Crippen molar-refractivity contribution >= 4 is 12.0 Å². The minimum Gasteiger partial charge on any atom is -0.465 e. The number of carbonyl (C=O) groups excluding carboxylic acids is 1. The van der Waals surface area contributed by atoms with Gasteiger partial charge in [-0.2, -0.15) is 0 Å². The highest BCUT2D eigenvalue weighted by molar-refractivity contribution is 5.81. The molecule has 1 fully saturated rings. The van der Waals surface area contributed by atoms with Crippen LogP contribution in [0.4, 0.5) is 4.79 Å². The predicted molar refractivity (Wildman–Crippen MR) is 42.9 cm³/mol. The van der Waals surface area contributed by atoms with E-state index in [0.29, 0.717) is 0 Å². The van der Waals surface area contributed by atoms with E-state index in [1.54, 1.807) is 0 Å². The Labute approximate surface area is 75.6 Å². The van der Waals surface area contributed by atoms with Gasteiger partial charge in [0.05, 0.1) is 13.0 Å². The molecule has 1 aliphatic heterocycles. The van der Waals surface area contributed by atoms with Gasteiger partial charge in [-0.3, -0.25) is 9.63 Å². The van der Waals surface area contributed by atoms with Crippen molar-refractivity contribution in [1.29, 1.82) is 0 Å². The van der Waals surface area contributed by atoms with Gasteiger partial charge in [0.1, 0.15) is 0 Å². The van der Waals surface area contributed by atoms with Gasteiger partial charge in [0, 0.05) is 20.1 Å². The number of likely N-dealkylation sites (tertiary alicyclic amines) is 1. The minimum absolute atomic E-state index is 0.181. The molecule has 0 saturated carbocycles. The quantitative estimate of drug-likeness (QED) is 0.599. The maximum atomic E-state index is 11.3. The third-order valence-corrected chi connectivity index (χ3v) is 2.09. The highest BCUT2D eigenvalue weighted by atomic mass is 16.7. The van der Waals surface area contributed by atoms with Gasteiger partial charge in [-0.15, -0.1) is 0 Å². The van der Waals surface area contributed by atoms with Crippen molar-refractivity contribution in [3.8, 4) is 0 Å². The van der Waals surface area contributed by atoms with E-state index in [1.807, 2.05) is 0 Å². The number of rotatable bonds is 2. The molecule has 0 aromatic heterocycles. The largest absolute Gasteiger partial charge is 0.465 e. The molecular formula is C7H12N2O4. The molecule has 0 bridgehead atoms. The lowest BCUT2D eigenvalue weighted by atomic mass is 10.0. The zero-order valence-electron chi connectivity index (χ0n) is 7.56. The third-order valence-electron chi connectivity index (χ3n) is 2.09. The van der Waals surface area contributed by atoms with E-state index >= 15 is 0 Å². The standard InChI is InChI=1S/C7H12N2O4/c1-8(13-2)6(10)5-3-9(4-5)7(11)12/h5H,3-4H2,1-2H3,(H,11,12). The third kappa shape index (κ3) is 1.89. The molecular weight excluding hydrogens is 176 g/mol. The molecule has 1 N–H and O–H groups in total. The van der Waals surface area contributed by atoms with Crippen LogP contribution < -0.4 is 0 Å². The molecule has 0 radical (unpaired) electrons. The minimum atomic E-state index is -0.982. The summed E-state index contributed by atoms with van der Waals surface area (Å²) >= 11 is 0. The van der Waals surface area contributed by atoms with Gasteiger partial charge in [-0.25, -0.2) is 9.86 Å². The van der Waals surface area contributed by atoms with Gasteiger partial charge in [0.25, 0.3) is 5.91 Å². The van der Waals surface area contributed by atoms with Crippen LogP contribution in [0, 0.1) is 5.92 Å². The summed E-state index contributed by atoms with van der Waals surface area (Å²) in [7, 11) is 2.90. The van der Waals surface area contributed by atoms with Gasteiger partial charge in [0.15, 0.2) is 0 Å². The van der Waals surface area contributed by atoms with E-state index < -0.39 is 6.09 Å². The summed E-state index contributed by atoms with van der Waals surface area (Å²) in [5.41, 5.74) is 0. The SMILES string of the molecule is CON(C)C(=O)C1CN(C(=O)O)C1. The first-order valence-corrected chi connectivity index (χ1v) is 3.85. The lowest BCUT2D eigenvalue weighted by Gasteiger charge is -2.37. The average Bonchev–Trinajstić information content (AvgIpc) is 1.99. The summed E-state index contributed by atoms with van der Waals surface area (Å²) < 4.78 is 0. The van der Waals surface area contributed by atoms with E-state index in [4.69, 9.17) is 5.11 Å². The second-order valence-corrected chi connectivity index (χ2v) is 2.90. The topological polar surface area (TPSA) is 70.1 Å². The molecule has 6 heteroatoms. The van der Waals surface area contributed by atoms with Crippen LogP contribution in [0.5, 0.6) is 0 Å². The van der Waals surface area contributed by atoms with E-state index in [0.717, 1.165) is 5.06 Å². The molecule has 1 heterocycles. The molecule has 13 heavy (non-hydrogen) atoms. The smallest absolute Gasteiger partial charge is 0.407 e. The Morgan fingerprint density at radius 2 is 2.08 bits per heavy atom. The maximum Gasteiger partial charge on any atom is 0.407 e. The number of hydroxylamine groups is 2. The molecule has 0 unspecified atom stereocenters. The van der Waals surface area contributed by atoms with Crippen LogP contribution in [0.3, 0.4) is 0 Å². The van der Waals surface area contributed by atoms with Crippen LogP contribution in [0.2, 0.25) is 0 Å². The Hall–Kier alpha value is -1.30. The van der Waals surface area contributed by atoms with Gasteiger partial charge < -0.3 is 10.0 Å². The summed E-state index contributed by atoms with van der Waals surface area (Å²) in [4.78, 5) is 27.5. The van der Waals surface area contributed by atoms with Crippen LogP contribution in [-0.4, -0.2) is 54.3 Å². The first-order valence-electron chi connectivity index (χ1n) is 3.85. The normalized spacial score (nSPS) is 16.6. The summed E-state index contributed by atoms with van der Waals surface area (Å²) in [5.74, 6) is -0.430. The molecule has 0 spiro atoms. The number of carbonyl (C=O) groups is 2. The highest BCUT2D eigenvalue weighted by Gasteiger charge is 2.37. The fraction of sp³-hybridized carbons (Fsp3) is 0.714. The van der Waals surface area contributed by atoms with E-state index in [9.17, 15) is 9.59 Å². The molecule has 0 aromatic carbocycles. The molecule has 74 valence electrons. The number of nitrogens with zero attached hydrogens (tertiary/aromatic N) is 2. The van der Waals surface area contributed by atoms with E-state index in [1.165, 1.54) is 19.1 Å². The summed E-state index contributed by atoms with van der Waals surface area (Å²) in [6.45, 7) is 0.531. The predicted octanol–water partition coefficient (Wildman–Crippen LogP) is -0.384. The van der Waals surface area contributed by atoms with Crippen molar-refractivity contribution in [1.82, 2.24) is 9.96 Å². The average molecular weight is 188 g/mol.